The van der Waals surface area contributed by atoms with E-state index >= 15 is 0 Å². The van der Waals surface area contributed by atoms with Crippen molar-refractivity contribution in [3.8, 4) is 0 Å². The van der Waals surface area contributed by atoms with Crippen molar-refractivity contribution in [1.82, 2.24) is 9.55 Å². The van der Waals surface area contributed by atoms with Crippen molar-refractivity contribution in [2.75, 3.05) is 4.90 Å². The number of aromatic nitrogens is 2. The van der Waals surface area contributed by atoms with Crippen molar-refractivity contribution < 1.29 is 9.21 Å². The summed E-state index contributed by atoms with van der Waals surface area (Å²) in [6, 6.07) is 14.7. The van der Waals surface area contributed by atoms with Crippen LogP contribution in [0.3, 0.4) is 0 Å². The minimum atomic E-state index is -0.215. The highest BCUT2D eigenvalue weighted by atomic mass is 32.1. The number of furan rings is 1. The Morgan fingerprint density at radius 3 is 2.77 bits per heavy atom. The van der Waals surface area contributed by atoms with Crippen LogP contribution >= 0.6 is 11.3 Å². The molecule has 0 unspecified atom stereocenters. The molecule has 0 aliphatic carbocycles. The van der Waals surface area contributed by atoms with E-state index in [1.807, 2.05) is 41.8 Å². The molecule has 4 aromatic rings. The van der Waals surface area contributed by atoms with Crippen LogP contribution in [0.25, 0.3) is 10.2 Å². The first-order valence-corrected chi connectivity index (χ1v) is 8.91. The maximum absolute atomic E-state index is 13.0. The van der Waals surface area contributed by atoms with E-state index in [-0.39, 0.29) is 18.0 Å². The van der Waals surface area contributed by atoms with Gasteiger partial charge < -0.3 is 9.32 Å². The number of hydrogen-bond donors (Lipinski definition) is 0. The zero-order chi connectivity index (χ0) is 17.9. The topological polar surface area (TPSA) is 68.3 Å². The summed E-state index contributed by atoms with van der Waals surface area (Å²) in [6.07, 6.45) is 2.99. The second-order valence-electron chi connectivity index (χ2n) is 5.71. The van der Waals surface area contributed by atoms with Crippen LogP contribution in [0.4, 0.5) is 5.69 Å². The number of para-hydroxylation sites is 1. The van der Waals surface area contributed by atoms with Gasteiger partial charge in [-0.15, -0.1) is 11.3 Å². The fraction of sp³-hybridized carbons (Fsp3) is 0.105. The Labute approximate surface area is 152 Å². The quantitative estimate of drug-likeness (QED) is 0.544. The third-order valence-corrected chi connectivity index (χ3v) is 4.90. The third kappa shape index (κ3) is 3.16. The fourth-order valence-electron chi connectivity index (χ4n) is 2.71. The van der Waals surface area contributed by atoms with E-state index in [0.29, 0.717) is 22.5 Å². The molecule has 0 radical (unpaired) electrons. The zero-order valence-electron chi connectivity index (χ0n) is 13.7. The van der Waals surface area contributed by atoms with Gasteiger partial charge in [0.2, 0.25) is 5.91 Å². The average molecular weight is 365 g/mol. The number of rotatable bonds is 5. The Morgan fingerprint density at radius 2 is 2.00 bits per heavy atom. The molecule has 0 fully saturated rings. The molecule has 130 valence electrons. The van der Waals surface area contributed by atoms with Gasteiger partial charge in [0.15, 0.2) is 0 Å². The molecule has 0 saturated carbocycles. The van der Waals surface area contributed by atoms with Crippen molar-refractivity contribution in [2.24, 2.45) is 0 Å². The molecule has 4 rings (SSSR count). The van der Waals surface area contributed by atoms with E-state index in [4.69, 9.17) is 4.42 Å². The summed E-state index contributed by atoms with van der Waals surface area (Å²) >= 11 is 1.33. The lowest BCUT2D eigenvalue weighted by Gasteiger charge is -2.22. The van der Waals surface area contributed by atoms with Crippen molar-refractivity contribution in [3.63, 3.8) is 0 Å². The van der Waals surface area contributed by atoms with Gasteiger partial charge in [-0.1, -0.05) is 18.2 Å². The van der Waals surface area contributed by atoms with Crippen LogP contribution in [0.5, 0.6) is 0 Å². The largest absolute Gasteiger partial charge is 0.467 e. The minimum absolute atomic E-state index is 0.0880. The summed E-state index contributed by atoms with van der Waals surface area (Å²) in [7, 11) is 0. The van der Waals surface area contributed by atoms with Crippen molar-refractivity contribution in [1.29, 1.82) is 0 Å². The molecule has 6 nitrogen and oxygen atoms in total. The highest BCUT2D eigenvalue weighted by Gasteiger charge is 2.19. The molecule has 3 aromatic heterocycles. The predicted octanol–water partition coefficient (Wildman–Crippen LogP) is 3.28. The summed E-state index contributed by atoms with van der Waals surface area (Å²) in [6.45, 7) is 0.203. The minimum Gasteiger partial charge on any atom is -0.467 e. The molecule has 0 aliphatic heterocycles. The summed E-state index contributed by atoms with van der Waals surface area (Å²) < 4.78 is 7.28. The van der Waals surface area contributed by atoms with Crippen LogP contribution in [-0.2, 0) is 17.9 Å². The van der Waals surface area contributed by atoms with E-state index in [2.05, 4.69) is 4.98 Å². The smallest absolute Gasteiger partial charge is 0.271 e. The number of fused-ring (bicyclic) bond motifs is 1. The van der Waals surface area contributed by atoms with Gasteiger partial charge in [0.05, 0.1) is 24.7 Å². The molecule has 0 bridgehead atoms. The Bertz CT molecular complexity index is 1080. The molecule has 0 saturated heterocycles. The maximum Gasteiger partial charge on any atom is 0.271 e. The van der Waals surface area contributed by atoms with Crippen molar-refractivity contribution >= 4 is 33.1 Å². The van der Waals surface area contributed by atoms with Crippen LogP contribution in [-0.4, -0.2) is 15.5 Å². The second-order valence-corrected chi connectivity index (χ2v) is 6.62. The SMILES string of the molecule is O=C(Cn1cnc2ccsc2c1=O)N(Cc1ccco1)c1ccccc1. The van der Waals surface area contributed by atoms with Crippen LogP contribution in [0.15, 0.2) is 75.7 Å². The average Bonchev–Trinajstić information content (AvgIpc) is 3.34. The van der Waals surface area contributed by atoms with Gasteiger partial charge >= 0.3 is 0 Å². The fourth-order valence-corrected chi connectivity index (χ4v) is 3.51. The van der Waals surface area contributed by atoms with E-state index in [9.17, 15) is 9.59 Å². The standard InChI is InChI=1S/C19H15N3O3S/c23-17(12-21-13-20-16-8-10-26-18(16)19(21)24)22(11-15-7-4-9-25-15)14-5-2-1-3-6-14/h1-10,13H,11-12H2. The summed E-state index contributed by atoms with van der Waals surface area (Å²) in [5, 5.41) is 1.82. The number of carbonyl (C=O) groups is 1. The first kappa shape index (κ1) is 16.3. The van der Waals surface area contributed by atoms with Gasteiger partial charge in [-0.2, -0.15) is 0 Å². The normalized spacial score (nSPS) is 10.9. The first-order chi connectivity index (χ1) is 12.7. The van der Waals surface area contributed by atoms with E-state index in [0.717, 1.165) is 5.69 Å². The molecule has 1 aromatic carbocycles. The van der Waals surface area contributed by atoms with E-state index in [1.165, 1.54) is 22.2 Å². The Morgan fingerprint density at radius 1 is 1.15 bits per heavy atom. The molecule has 26 heavy (non-hydrogen) atoms. The van der Waals surface area contributed by atoms with Crippen LogP contribution in [0.2, 0.25) is 0 Å². The van der Waals surface area contributed by atoms with E-state index < -0.39 is 0 Å². The number of nitrogens with zero attached hydrogens (tertiary/aromatic N) is 3. The molecule has 0 atom stereocenters. The lowest BCUT2D eigenvalue weighted by atomic mass is 10.2. The molecular formula is C19H15N3O3S. The van der Waals surface area contributed by atoms with Gasteiger partial charge in [0.25, 0.3) is 5.56 Å². The molecular weight excluding hydrogens is 350 g/mol. The Hall–Kier alpha value is -3.19. The van der Waals surface area contributed by atoms with E-state index in [1.54, 1.807) is 23.3 Å². The lowest BCUT2D eigenvalue weighted by molar-refractivity contribution is -0.119. The zero-order valence-corrected chi connectivity index (χ0v) is 14.6. The van der Waals surface area contributed by atoms with Crippen LogP contribution in [0, 0.1) is 0 Å². The molecule has 3 heterocycles. The Kier molecular flexibility index (Phi) is 4.37. The maximum atomic E-state index is 13.0. The summed E-state index contributed by atoms with van der Waals surface area (Å²) in [5.41, 5.74) is 1.19. The predicted molar refractivity (Wildman–Crippen MR) is 100 cm³/mol. The van der Waals surface area contributed by atoms with Gasteiger partial charge in [0, 0.05) is 5.69 Å². The number of anilines is 1. The van der Waals surface area contributed by atoms with Gasteiger partial charge in [-0.3, -0.25) is 14.2 Å². The third-order valence-electron chi connectivity index (χ3n) is 4.00. The van der Waals surface area contributed by atoms with Crippen molar-refractivity contribution in [3.05, 3.63) is 82.6 Å². The monoisotopic (exact) mass is 365 g/mol. The number of benzene rings is 1. The van der Waals surface area contributed by atoms with Crippen molar-refractivity contribution in [2.45, 2.75) is 13.1 Å². The second kappa shape index (κ2) is 6.97. The highest BCUT2D eigenvalue weighted by molar-refractivity contribution is 7.17. The lowest BCUT2D eigenvalue weighted by Crippen LogP contribution is -2.36. The number of hydrogen-bond acceptors (Lipinski definition) is 5. The molecule has 0 aliphatic rings. The molecule has 0 N–H and O–H groups in total. The Balaban J connectivity index is 1.65. The van der Waals surface area contributed by atoms with Crippen LogP contribution in [0.1, 0.15) is 5.76 Å². The molecule has 7 heteroatoms. The van der Waals surface area contributed by atoms with Gasteiger partial charge in [-0.05, 0) is 35.7 Å². The molecule has 1 amide bonds. The highest BCUT2D eigenvalue weighted by Crippen LogP contribution is 2.18. The summed E-state index contributed by atoms with van der Waals surface area (Å²) in [5.74, 6) is 0.453. The van der Waals surface area contributed by atoms with Gasteiger partial charge in [0.1, 0.15) is 17.0 Å². The number of amides is 1. The summed E-state index contributed by atoms with van der Waals surface area (Å²) in [4.78, 5) is 31.4. The molecule has 0 spiro atoms. The van der Waals surface area contributed by atoms with Crippen LogP contribution < -0.4 is 10.5 Å². The number of thiophene rings is 1. The van der Waals surface area contributed by atoms with Gasteiger partial charge in [-0.25, -0.2) is 4.98 Å². The number of carbonyl (C=O) groups excluding carboxylic acids is 1. The first-order valence-electron chi connectivity index (χ1n) is 8.03.